The number of fused-ring (bicyclic) bond motifs is 3. The first-order valence-electron chi connectivity index (χ1n) is 10.2. The number of nitrogens with one attached hydrogen (secondary N) is 1. The van der Waals surface area contributed by atoms with Crippen LogP contribution in [0.25, 0.3) is 11.1 Å². The summed E-state index contributed by atoms with van der Waals surface area (Å²) < 4.78 is 5.50. The molecule has 2 aromatic carbocycles. The second-order valence-electron chi connectivity index (χ2n) is 7.88. The summed E-state index contributed by atoms with van der Waals surface area (Å²) in [5.41, 5.74) is 3.25. The number of ether oxygens (including phenoxy) is 1. The predicted octanol–water partition coefficient (Wildman–Crippen LogP) is 1.96. The number of aliphatic hydroxyl groups excluding tert-OH is 1. The van der Waals surface area contributed by atoms with Gasteiger partial charge in [-0.3, -0.25) is 9.59 Å². The van der Waals surface area contributed by atoms with E-state index in [4.69, 9.17) is 14.9 Å². The summed E-state index contributed by atoms with van der Waals surface area (Å²) in [6, 6.07) is 16.0. The summed E-state index contributed by atoms with van der Waals surface area (Å²) in [7, 11) is 0. The normalized spacial score (nSPS) is 15.5. The van der Waals surface area contributed by atoms with Crippen LogP contribution >= 0.6 is 0 Å². The summed E-state index contributed by atoms with van der Waals surface area (Å²) in [5, 5.41) is 20.8. The molecule has 0 saturated heterocycles. The van der Waals surface area contributed by atoms with Gasteiger partial charge in [0.05, 0.1) is 6.61 Å². The van der Waals surface area contributed by atoms with Crippen molar-refractivity contribution in [1.82, 2.24) is 10.2 Å². The Morgan fingerprint density at radius 2 is 1.61 bits per heavy atom. The van der Waals surface area contributed by atoms with Crippen LogP contribution in [-0.4, -0.2) is 64.9 Å². The zero-order valence-electron chi connectivity index (χ0n) is 16.9. The molecule has 3 N–H and O–H groups in total. The number of carbonyl (C=O) groups is 3. The first-order chi connectivity index (χ1) is 14.9. The van der Waals surface area contributed by atoms with E-state index in [9.17, 15) is 14.4 Å². The Balaban J connectivity index is 1.42. The van der Waals surface area contributed by atoms with Gasteiger partial charge in [0, 0.05) is 12.5 Å². The first kappa shape index (κ1) is 20.9. The predicted molar refractivity (Wildman–Crippen MR) is 111 cm³/mol. The third-order valence-electron chi connectivity index (χ3n) is 5.83. The number of carboxylic acid groups (broad SMARTS) is 1. The minimum absolute atomic E-state index is 0.0955. The third kappa shape index (κ3) is 4.11. The lowest BCUT2D eigenvalue weighted by molar-refractivity contribution is -0.146. The largest absolute Gasteiger partial charge is 0.480 e. The molecule has 2 aliphatic carbocycles. The Morgan fingerprint density at radius 1 is 1.03 bits per heavy atom. The summed E-state index contributed by atoms with van der Waals surface area (Å²) in [6.45, 7) is -0.883. The maximum atomic E-state index is 12.8. The number of carbonyl (C=O) groups excluding carboxylic acids is 2. The summed E-state index contributed by atoms with van der Waals surface area (Å²) in [5.74, 6) is -1.79. The Labute approximate surface area is 179 Å². The highest BCUT2D eigenvalue weighted by atomic mass is 16.5. The highest BCUT2D eigenvalue weighted by Gasteiger charge is 2.53. The summed E-state index contributed by atoms with van der Waals surface area (Å²) >= 11 is 0. The number of nitrogens with zero attached hydrogens (tertiary/aromatic N) is 1. The molecule has 8 nitrogen and oxygen atoms in total. The van der Waals surface area contributed by atoms with Crippen LogP contribution in [0.2, 0.25) is 0 Å². The van der Waals surface area contributed by atoms with Gasteiger partial charge in [-0.1, -0.05) is 48.5 Å². The van der Waals surface area contributed by atoms with E-state index in [2.05, 4.69) is 5.32 Å². The number of aliphatic hydroxyl groups is 1. The smallest absolute Gasteiger partial charge is 0.408 e. The van der Waals surface area contributed by atoms with Crippen molar-refractivity contribution in [2.45, 2.75) is 24.3 Å². The van der Waals surface area contributed by atoms with Crippen LogP contribution in [0, 0.1) is 0 Å². The Kier molecular flexibility index (Phi) is 5.65. The fourth-order valence-corrected chi connectivity index (χ4v) is 4.19. The maximum absolute atomic E-state index is 12.8. The van der Waals surface area contributed by atoms with Crippen molar-refractivity contribution in [3.05, 3.63) is 59.7 Å². The van der Waals surface area contributed by atoms with Crippen LogP contribution in [0.5, 0.6) is 0 Å². The lowest BCUT2D eigenvalue weighted by Crippen LogP contribution is -2.52. The van der Waals surface area contributed by atoms with Gasteiger partial charge in [0.2, 0.25) is 5.91 Å². The molecule has 0 spiro atoms. The molecule has 31 heavy (non-hydrogen) atoms. The molecule has 0 unspecified atom stereocenters. The van der Waals surface area contributed by atoms with Crippen LogP contribution in [0.4, 0.5) is 4.79 Å². The molecule has 0 bridgehead atoms. The fourth-order valence-electron chi connectivity index (χ4n) is 4.19. The molecule has 2 aliphatic rings. The van der Waals surface area contributed by atoms with Gasteiger partial charge in [0.15, 0.2) is 0 Å². The number of aliphatic carboxylic acids is 1. The van der Waals surface area contributed by atoms with Gasteiger partial charge >= 0.3 is 12.1 Å². The van der Waals surface area contributed by atoms with Crippen molar-refractivity contribution in [3.8, 4) is 11.1 Å². The van der Waals surface area contributed by atoms with Crippen molar-refractivity contribution in [3.63, 3.8) is 0 Å². The van der Waals surface area contributed by atoms with E-state index >= 15 is 0 Å². The molecule has 2 amide bonds. The van der Waals surface area contributed by atoms with Crippen LogP contribution in [0.3, 0.4) is 0 Å². The van der Waals surface area contributed by atoms with E-state index in [1.54, 1.807) is 0 Å². The minimum Gasteiger partial charge on any atom is -0.480 e. The van der Waals surface area contributed by atoms with E-state index in [0.717, 1.165) is 27.2 Å². The fraction of sp³-hybridized carbons (Fsp3) is 0.348. The van der Waals surface area contributed by atoms with Crippen LogP contribution in [0.15, 0.2) is 48.5 Å². The Bertz CT molecular complexity index is 971. The van der Waals surface area contributed by atoms with Gasteiger partial charge in [-0.05, 0) is 35.1 Å². The molecule has 0 radical (unpaired) electrons. The standard InChI is InChI=1S/C23H24N2O6/c26-12-11-25(13-20(27)28)21(29)23(9-10-23)24-22(30)31-14-19-17-7-3-1-5-15(17)16-6-2-4-8-18(16)19/h1-8,19,26H,9-14H2,(H,24,30)(H,27,28). The summed E-state index contributed by atoms with van der Waals surface area (Å²) in [4.78, 5) is 37.3. The number of hydrogen-bond acceptors (Lipinski definition) is 5. The molecule has 2 aromatic rings. The number of hydrogen-bond donors (Lipinski definition) is 3. The van der Waals surface area contributed by atoms with Crippen LogP contribution in [0.1, 0.15) is 29.9 Å². The van der Waals surface area contributed by atoms with Crippen molar-refractivity contribution < 1.29 is 29.3 Å². The zero-order chi connectivity index (χ0) is 22.0. The molecular weight excluding hydrogens is 400 g/mol. The van der Waals surface area contributed by atoms with Crippen LogP contribution in [-0.2, 0) is 14.3 Å². The minimum atomic E-state index is -1.18. The van der Waals surface area contributed by atoms with E-state index in [-0.39, 0.29) is 25.7 Å². The molecule has 0 heterocycles. The second kappa shape index (κ2) is 8.39. The maximum Gasteiger partial charge on any atom is 0.408 e. The topological polar surface area (TPSA) is 116 Å². The molecule has 0 aromatic heterocycles. The number of alkyl carbamates (subject to hydrolysis) is 1. The van der Waals surface area contributed by atoms with E-state index in [1.165, 1.54) is 0 Å². The number of amides is 2. The molecular formula is C23H24N2O6. The zero-order valence-corrected chi connectivity index (χ0v) is 16.9. The molecule has 1 fully saturated rings. The number of benzene rings is 2. The molecule has 1 saturated carbocycles. The first-order valence-corrected chi connectivity index (χ1v) is 10.2. The van der Waals surface area contributed by atoms with Crippen molar-refractivity contribution in [2.75, 3.05) is 26.3 Å². The Hall–Kier alpha value is -3.39. The van der Waals surface area contributed by atoms with E-state index < -0.39 is 30.1 Å². The average Bonchev–Trinajstić information content (AvgIpc) is 3.46. The van der Waals surface area contributed by atoms with E-state index in [0.29, 0.717) is 12.8 Å². The van der Waals surface area contributed by atoms with Crippen molar-refractivity contribution in [2.24, 2.45) is 0 Å². The van der Waals surface area contributed by atoms with Crippen molar-refractivity contribution in [1.29, 1.82) is 0 Å². The lowest BCUT2D eigenvalue weighted by Gasteiger charge is -2.26. The molecule has 0 atom stereocenters. The highest BCUT2D eigenvalue weighted by Crippen LogP contribution is 2.44. The van der Waals surface area contributed by atoms with Crippen molar-refractivity contribution >= 4 is 18.0 Å². The SMILES string of the molecule is O=C(O)CN(CCO)C(=O)C1(NC(=O)OCC2c3ccccc3-c3ccccc32)CC1. The quantitative estimate of drug-likeness (QED) is 0.597. The van der Waals surface area contributed by atoms with Gasteiger partial charge in [0.1, 0.15) is 18.7 Å². The third-order valence-corrected chi connectivity index (χ3v) is 5.83. The molecule has 8 heteroatoms. The molecule has 0 aliphatic heterocycles. The van der Waals surface area contributed by atoms with Gasteiger partial charge in [-0.2, -0.15) is 0 Å². The second-order valence-corrected chi connectivity index (χ2v) is 7.88. The van der Waals surface area contributed by atoms with Gasteiger partial charge in [0.25, 0.3) is 0 Å². The van der Waals surface area contributed by atoms with Gasteiger partial charge < -0.3 is 25.2 Å². The highest BCUT2D eigenvalue weighted by molar-refractivity contribution is 5.94. The molecule has 162 valence electrons. The lowest BCUT2D eigenvalue weighted by atomic mass is 9.98. The monoisotopic (exact) mass is 424 g/mol. The van der Waals surface area contributed by atoms with Gasteiger partial charge in [-0.25, -0.2) is 4.79 Å². The Morgan fingerprint density at radius 3 is 2.13 bits per heavy atom. The van der Waals surface area contributed by atoms with E-state index in [1.807, 2.05) is 48.5 Å². The number of carboxylic acids is 1. The average molecular weight is 424 g/mol. The number of rotatable bonds is 8. The molecule has 4 rings (SSSR count). The van der Waals surface area contributed by atoms with Crippen LogP contribution < -0.4 is 5.32 Å². The summed E-state index contributed by atoms with van der Waals surface area (Å²) in [6.07, 6.45) is 0.0850. The van der Waals surface area contributed by atoms with Gasteiger partial charge in [-0.15, -0.1) is 0 Å².